The van der Waals surface area contributed by atoms with Gasteiger partial charge in [0.1, 0.15) is 0 Å². The van der Waals surface area contributed by atoms with E-state index in [4.69, 9.17) is 9.52 Å². The molecule has 2 aromatic carbocycles. The molecule has 3 rings (SSSR count). The highest BCUT2D eigenvalue weighted by atomic mass is 32.2. The second-order valence-corrected chi connectivity index (χ2v) is 8.10. The Labute approximate surface area is 170 Å². The Hall–Kier alpha value is -3.12. The molecule has 0 atom stereocenters. The lowest BCUT2D eigenvalue weighted by molar-refractivity contribution is -0.137. The molecule has 0 amide bonds. The molecular formula is C18H17F3N4O4S. The van der Waals surface area contributed by atoms with Crippen LogP contribution in [-0.2, 0) is 16.2 Å². The van der Waals surface area contributed by atoms with Crippen LogP contribution in [0.15, 0.2) is 52.9 Å². The van der Waals surface area contributed by atoms with Crippen LogP contribution in [0.4, 0.5) is 30.6 Å². The van der Waals surface area contributed by atoms with Gasteiger partial charge in [-0.3, -0.25) is 0 Å². The van der Waals surface area contributed by atoms with Gasteiger partial charge in [0.25, 0.3) is 5.89 Å². The standard InChI is InChI=1S/C18H17F3N4O4S/c1-30(27,28)25(10-11-26)17-24-23-16(29-17)14-4-2-3-5-15(14)22-13-8-6-12(7-9-13)18(19,20)21/h2-9,22,26H,10-11H2,1H3. The molecule has 0 radical (unpaired) electrons. The fraction of sp³-hybridized carbons (Fsp3) is 0.222. The minimum Gasteiger partial charge on any atom is -0.402 e. The SMILES string of the molecule is CS(=O)(=O)N(CCO)c1nnc(-c2ccccc2Nc2ccc(C(F)(F)F)cc2)o1. The quantitative estimate of drug-likeness (QED) is 0.578. The first kappa shape index (κ1) is 21.6. The zero-order valence-electron chi connectivity index (χ0n) is 15.6. The first-order valence-electron chi connectivity index (χ1n) is 8.55. The number of anilines is 3. The van der Waals surface area contributed by atoms with E-state index in [1.807, 2.05) is 0 Å². The van der Waals surface area contributed by atoms with Crippen LogP contribution in [0.5, 0.6) is 0 Å². The molecule has 0 spiro atoms. The second kappa shape index (κ2) is 8.32. The van der Waals surface area contributed by atoms with Gasteiger partial charge < -0.3 is 14.8 Å². The van der Waals surface area contributed by atoms with Crippen molar-refractivity contribution in [3.63, 3.8) is 0 Å². The summed E-state index contributed by atoms with van der Waals surface area (Å²) in [7, 11) is -3.75. The van der Waals surface area contributed by atoms with Crippen molar-refractivity contribution >= 4 is 27.4 Å². The van der Waals surface area contributed by atoms with Crippen molar-refractivity contribution in [2.75, 3.05) is 29.0 Å². The van der Waals surface area contributed by atoms with E-state index in [-0.39, 0.29) is 18.5 Å². The molecule has 0 aliphatic carbocycles. The van der Waals surface area contributed by atoms with Gasteiger partial charge in [0.2, 0.25) is 10.0 Å². The van der Waals surface area contributed by atoms with Gasteiger partial charge in [-0.25, -0.2) is 12.7 Å². The number of aromatic nitrogens is 2. The van der Waals surface area contributed by atoms with Crippen molar-refractivity contribution in [3.05, 3.63) is 54.1 Å². The molecule has 0 aliphatic heterocycles. The van der Waals surface area contributed by atoms with Gasteiger partial charge in [0.15, 0.2) is 0 Å². The maximum atomic E-state index is 12.7. The van der Waals surface area contributed by atoms with E-state index in [1.54, 1.807) is 24.3 Å². The number of hydrogen-bond acceptors (Lipinski definition) is 7. The number of rotatable bonds is 7. The van der Waals surface area contributed by atoms with Crippen LogP contribution in [0.2, 0.25) is 0 Å². The van der Waals surface area contributed by atoms with Crippen molar-refractivity contribution in [3.8, 4) is 11.5 Å². The summed E-state index contributed by atoms with van der Waals surface area (Å²) in [6.45, 7) is -0.706. The van der Waals surface area contributed by atoms with E-state index < -0.39 is 28.4 Å². The van der Waals surface area contributed by atoms with E-state index in [0.29, 0.717) is 16.9 Å². The van der Waals surface area contributed by atoms with Crippen LogP contribution < -0.4 is 9.62 Å². The summed E-state index contributed by atoms with van der Waals surface area (Å²) in [5.74, 6) is -0.00778. The number of aliphatic hydroxyl groups is 1. The first-order chi connectivity index (χ1) is 14.1. The average molecular weight is 442 g/mol. The normalized spacial score (nSPS) is 12.0. The van der Waals surface area contributed by atoms with E-state index in [1.165, 1.54) is 12.1 Å². The van der Waals surface area contributed by atoms with E-state index in [9.17, 15) is 21.6 Å². The number of hydrogen-bond donors (Lipinski definition) is 2. The molecule has 0 unspecified atom stereocenters. The van der Waals surface area contributed by atoms with Crippen LogP contribution in [0.3, 0.4) is 0 Å². The number of sulfonamides is 1. The number of nitrogens with one attached hydrogen (secondary N) is 1. The third kappa shape index (κ3) is 4.89. The van der Waals surface area contributed by atoms with Crippen LogP contribution in [0.25, 0.3) is 11.5 Å². The van der Waals surface area contributed by atoms with E-state index in [0.717, 1.165) is 22.7 Å². The Kier molecular flexibility index (Phi) is 5.99. The molecule has 12 heteroatoms. The molecule has 3 aromatic rings. The smallest absolute Gasteiger partial charge is 0.402 e. The second-order valence-electron chi connectivity index (χ2n) is 6.19. The number of aliphatic hydroxyl groups excluding tert-OH is 1. The van der Waals surface area contributed by atoms with Gasteiger partial charge in [0.05, 0.1) is 36.2 Å². The Morgan fingerprint density at radius 1 is 1.10 bits per heavy atom. The summed E-state index contributed by atoms with van der Waals surface area (Å²) in [5, 5.41) is 19.7. The number of benzene rings is 2. The summed E-state index contributed by atoms with van der Waals surface area (Å²) in [5.41, 5.74) is 0.495. The number of nitrogens with zero attached hydrogens (tertiary/aromatic N) is 3. The molecular weight excluding hydrogens is 425 g/mol. The highest BCUT2D eigenvalue weighted by Crippen LogP contribution is 2.33. The molecule has 2 N–H and O–H groups in total. The van der Waals surface area contributed by atoms with Gasteiger partial charge >= 0.3 is 12.2 Å². The summed E-state index contributed by atoms with van der Waals surface area (Å²) in [6.07, 6.45) is -3.50. The summed E-state index contributed by atoms with van der Waals surface area (Å²) < 4.78 is 68.2. The topological polar surface area (TPSA) is 109 Å². The molecule has 0 saturated heterocycles. The highest BCUT2D eigenvalue weighted by Gasteiger charge is 2.30. The number of alkyl halides is 3. The van der Waals surface area contributed by atoms with Crippen LogP contribution in [-0.4, -0.2) is 43.1 Å². The monoisotopic (exact) mass is 442 g/mol. The van der Waals surface area contributed by atoms with Gasteiger partial charge in [-0.15, -0.1) is 5.10 Å². The first-order valence-corrected chi connectivity index (χ1v) is 10.4. The van der Waals surface area contributed by atoms with Crippen molar-refractivity contribution < 1.29 is 31.1 Å². The lowest BCUT2D eigenvalue weighted by Crippen LogP contribution is -2.32. The molecule has 0 aliphatic rings. The number of halogens is 3. The third-order valence-electron chi connectivity index (χ3n) is 3.98. The molecule has 0 bridgehead atoms. The van der Waals surface area contributed by atoms with Crippen molar-refractivity contribution in [1.82, 2.24) is 10.2 Å². The van der Waals surface area contributed by atoms with Gasteiger partial charge in [-0.1, -0.05) is 17.2 Å². The van der Waals surface area contributed by atoms with Gasteiger partial charge in [0, 0.05) is 5.69 Å². The lowest BCUT2D eigenvalue weighted by Gasteiger charge is -2.15. The van der Waals surface area contributed by atoms with Crippen LogP contribution >= 0.6 is 0 Å². The fourth-order valence-electron chi connectivity index (χ4n) is 2.60. The maximum Gasteiger partial charge on any atom is 0.416 e. The molecule has 8 nitrogen and oxygen atoms in total. The minimum absolute atomic E-state index is 0.00778. The minimum atomic E-state index is -4.43. The maximum absolute atomic E-state index is 12.7. The van der Waals surface area contributed by atoms with E-state index >= 15 is 0 Å². The highest BCUT2D eigenvalue weighted by molar-refractivity contribution is 7.92. The van der Waals surface area contributed by atoms with Crippen molar-refractivity contribution in [2.24, 2.45) is 0 Å². The Morgan fingerprint density at radius 2 is 1.77 bits per heavy atom. The third-order valence-corrected chi connectivity index (χ3v) is 5.12. The molecule has 160 valence electrons. The lowest BCUT2D eigenvalue weighted by atomic mass is 10.1. The predicted molar refractivity (Wildman–Crippen MR) is 104 cm³/mol. The van der Waals surface area contributed by atoms with Crippen molar-refractivity contribution in [1.29, 1.82) is 0 Å². The molecule has 0 saturated carbocycles. The average Bonchev–Trinajstić information content (AvgIpc) is 3.14. The Morgan fingerprint density at radius 3 is 2.37 bits per heavy atom. The number of para-hydroxylation sites is 1. The van der Waals surface area contributed by atoms with Gasteiger partial charge in [-0.2, -0.15) is 13.2 Å². The summed E-state index contributed by atoms with van der Waals surface area (Å²) in [4.78, 5) is 0. The Balaban J connectivity index is 1.90. The van der Waals surface area contributed by atoms with E-state index in [2.05, 4.69) is 15.5 Å². The molecule has 30 heavy (non-hydrogen) atoms. The zero-order valence-corrected chi connectivity index (χ0v) is 16.4. The largest absolute Gasteiger partial charge is 0.416 e. The fourth-order valence-corrected chi connectivity index (χ4v) is 3.37. The predicted octanol–water partition coefficient (Wildman–Crippen LogP) is 3.26. The summed E-state index contributed by atoms with van der Waals surface area (Å²) >= 11 is 0. The van der Waals surface area contributed by atoms with Crippen LogP contribution in [0, 0.1) is 0 Å². The Bertz CT molecular complexity index is 1110. The van der Waals surface area contributed by atoms with Crippen LogP contribution in [0.1, 0.15) is 5.56 Å². The summed E-state index contributed by atoms with van der Waals surface area (Å²) in [6, 6.07) is 10.8. The zero-order chi connectivity index (χ0) is 21.9. The molecule has 1 heterocycles. The van der Waals surface area contributed by atoms with Gasteiger partial charge in [-0.05, 0) is 36.4 Å². The van der Waals surface area contributed by atoms with Crippen molar-refractivity contribution in [2.45, 2.75) is 6.18 Å². The molecule has 1 aromatic heterocycles. The molecule has 0 fully saturated rings.